The third-order valence-electron chi connectivity index (χ3n) is 4.31. The number of nitriles is 1. The van der Waals surface area contributed by atoms with Crippen LogP contribution in [0.25, 0.3) is 0 Å². The van der Waals surface area contributed by atoms with Crippen molar-refractivity contribution in [1.29, 1.82) is 5.26 Å². The van der Waals surface area contributed by atoms with Gasteiger partial charge in [0, 0.05) is 6.54 Å². The van der Waals surface area contributed by atoms with Crippen molar-refractivity contribution in [3.05, 3.63) is 0 Å². The lowest BCUT2D eigenvalue weighted by molar-refractivity contribution is -0.0707. The lowest BCUT2D eigenvalue weighted by Crippen LogP contribution is -2.36. The molecule has 0 aromatic carbocycles. The van der Waals surface area contributed by atoms with E-state index >= 15 is 0 Å². The van der Waals surface area contributed by atoms with Gasteiger partial charge in [0.25, 0.3) is 0 Å². The molecule has 2 aliphatic rings. The largest absolute Gasteiger partial charge is 0.370 e. The summed E-state index contributed by atoms with van der Waals surface area (Å²) in [6.45, 7) is 4.53. The summed E-state index contributed by atoms with van der Waals surface area (Å²) in [7, 11) is 0. The molecule has 0 bridgehead atoms. The maximum atomic E-state index is 8.75. The summed E-state index contributed by atoms with van der Waals surface area (Å²) < 4.78 is 6.32. The van der Waals surface area contributed by atoms with Crippen molar-refractivity contribution in [2.45, 2.75) is 63.6 Å². The summed E-state index contributed by atoms with van der Waals surface area (Å²) >= 11 is 0. The molecule has 17 heavy (non-hydrogen) atoms. The van der Waals surface area contributed by atoms with Gasteiger partial charge in [-0.05, 0) is 32.2 Å². The molecule has 1 saturated heterocycles. The van der Waals surface area contributed by atoms with Crippen LogP contribution in [0, 0.1) is 11.3 Å². The molecule has 3 nitrogen and oxygen atoms in total. The normalized spacial score (nSPS) is 27.5. The van der Waals surface area contributed by atoms with Crippen LogP contribution in [0.5, 0.6) is 0 Å². The number of rotatable bonds is 4. The van der Waals surface area contributed by atoms with Gasteiger partial charge >= 0.3 is 0 Å². The molecule has 1 spiro atoms. The van der Waals surface area contributed by atoms with Crippen LogP contribution in [0.15, 0.2) is 0 Å². The van der Waals surface area contributed by atoms with Gasteiger partial charge in [0.15, 0.2) is 0 Å². The first-order valence-electron chi connectivity index (χ1n) is 7.05. The topological polar surface area (TPSA) is 36.3 Å². The molecule has 0 radical (unpaired) electrons. The standard InChI is InChI=1S/C14H24N2O/c1-2-16(11-10-15)12-13-6-9-14(17-13)7-4-3-5-8-14/h13H,2-9,11-12H2,1H3. The lowest BCUT2D eigenvalue weighted by Gasteiger charge is -2.34. The van der Waals surface area contributed by atoms with Crippen molar-refractivity contribution < 1.29 is 4.74 Å². The predicted octanol–water partition coefficient (Wildman–Crippen LogP) is 2.71. The Kier molecular flexibility index (Phi) is 4.42. The average molecular weight is 236 g/mol. The van der Waals surface area contributed by atoms with Crippen molar-refractivity contribution >= 4 is 0 Å². The van der Waals surface area contributed by atoms with Crippen molar-refractivity contribution in [2.24, 2.45) is 0 Å². The molecule has 1 aliphatic carbocycles. The van der Waals surface area contributed by atoms with Crippen LogP contribution in [-0.4, -0.2) is 36.2 Å². The first-order valence-corrected chi connectivity index (χ1v) is 7.05. The summed E-state index contributed by atoms with van der Waals surface area (Å²) in [6, 6.07) is 2.23. The first kappa shape index (κ1) is 12.9. The maximum Gasteiger partial charge on any atom is 0.0866 e. The molecule has 0 amide bonds. The van der Waals surface area contributed by atoms with E-state index < -0.39 is 0 Å². The molecule has 1 aliphatic heterocycles. The van der Waals surface area contributed by atoms with Gasteiger partial charge in [0.05, 0.1) is 24.3 Å². The molecule has 1 unspecified atom stereocenters. The molecule has 1 atom stereocenters. The zero-order chi connectivity index (χ0) is 12.1. The van der Waals surface area contributed by atoms with Crippen molar-refractivity contribution in [3.8, 4) is 6.07 Å². The highest BCUT2D eigenvalue weighted by Gasteiger charge is 2.40. The minimum Gasteiger partial charge on any atom is -0.370 e. The van der Waals surface area contributed by atoms with Crippen LogP contribution in [0.3, 0.4) is 0 Å². The fraction of sp³-hybridized carbons (Fsp3) is 0.929. The Bertz CT molecular complexity index is 278. The van der Waals surface area contributed by atoms with E-state index in [1.54, 1.807) is 0 Å². The van der Waals surface area contributed by atoms with Crippen LogP contribution in [0.1, 0.15) is 51.9 Å². The van der Waals surface area contributed by atoms with E-state index in [1.165, 1.54) is 44.9 Å². The van der Waals surface area contributed by atoms with E-state index in [4.69, 9.17) is 10.00 Å². The van der Waals surface area contributed by atoms with Gasteiger partial charge in [0.2, 0.25) is 0 Å². The van der Waals surface area contributed by atoms with E-state index in [0.717, 1.165) is 13.1 Å². The third-order valence-corrected chi connectivity index (χ3v) is 4.31. The smallest absolute Gasteiger partial charge is 0.0866 e. The molecule has 0 N–H and O–H groups in total. The first-order chi connectivity index (χ1) is 8.28. The predicted molar refractivity (Wildman–Crippen MR) is 67.7 cm³/mol. The number of likely N-dealkylation sites (N-methyl/N-ethyl adjacent to an activating group) is 1. The lowest BCUT2D eigenvalue weighted by atomic mass is 9.83. The summed E-state index contributed by atoms with van der Waals surface area (Å²) in [5, 5.41) is 8.75. The zero-order valence-corrected chi connectivity index (χ0v) is 11.0. The summed E-state index contributed by atoms with van der Waals surface area (Å²) in [5.41, 5.74) is 0.217. The highest BCUT2D eigenvalue weighted by molar-refractivity contribution is 4.92. The summed E-state index contributed by atoms with van der Waals surface area (Å²) in [4.78, 5) is 2.19. The Morgan fingerprint density at radius 3 is 2.71 bits per heavy atom. The maximum absolute atomic E-state index is 8.75. The van der Waals surface area contributed by atoms with E-state index in [2.05, 4.69) is 17.9 Å². The highest BCUT2D eigenvalue weighted by atomic mass is 16.5. The minimum atomic E-state index is 0.217. The van der Waals surface area contributed by atoms with Gasteiger partial charge < -0.3 is 4.74 Å². The van der Waals surface area contributed by atoms with Gasteiger partial charge in [-0.3, -0.25) is 4.90 Å². The van der Waals surface area contributed by atoms with Crippen LogP contribution in [-0.2, 0) is 4.74 Å². The van der Waals surface area contributed by atoms with Crippen LogP contribution in [0.4, 0.5) is 0 Å². The SMILES string of the molecule is CCN(CC#N)CC1CCC2(CCCCC2)O1. The molecular weight excluding hydrogens is 212 g/mol. The van der Waals surface area contributed by atoms with Crippen molar-refractivity contribution in [2.75, 3.05) is 19.6 Å². The second-order valence-corrected chi connectivity index (χ2v) is 5.51. The second kappa shape index (κ2) is 5.84. The molecule has 1 heterocycles. The molecule has 3 heteroatoms. The molecule has 2 rings (SSSR count). The Hall–Kier alpha value is -0.590. The Morgan fingerprint density at radius 1 is 1.29 bits per heavy atom. The number of hydrogen-bond donors (Lipinski definition) is 0. The molecule has 96 valence electrons. The minimum absolute atomic E-state index is 0.217. The molecule has 0 aromatic rings. The number of nitrogens with zero attached hydrogens (tertiary/aromatic N) is 2. The fourth-order valence-corrected chi connectivity index (χ4v) is 3.28. The quantitative estimate of drug-likeness (QED) is 0.704. The number of hydrogen-bond acceptors (Lipinski definition) is 3. The van der Waals surface area contributed by atoms with Crippen molar-refractivity contribution in [1.82, 2.24) is 4.90 Å². The highest BCUT2D eigenvalue weighted by Crippen LogP contribution is 2.41. The van der Waals surface area contributed by atoms with E-state index in [0.29, 0.717) is 12.6 Å². The molecule has 2 fully saturated rings. The summed E-state index contributed by atoms with van der Waals surface area (Å²) in [5.74, 6) is 0. The van der Waals surface area contributed by atoms with E-state index in [-0.39, 0.29) is 5.60 Å². The van der Waals surface area contributed by atoms with Crippen LogP contribution >= 0.6 is 0 Å². The molecular formula is C14H24N2O. The Balaban J connectivity index is 1.82. The molecule has 1 saturated carbocycles. The number of ether oxygens (including phenoxy) is 1. The fourth-order valence-electron chi connectivity index (χ4n) is 3.28. The van der Waals surface area contributed by atoms with Gasteiger partial charge in [-0.1, -0.05) is 26.2 Å². The zero-order valence-electron chi connectivity index (χ0n) is 11.0. The Labute approximate surface area is 105 Å². The Morgan fingerprint density at radius 2 is 2.06 bits per heavy atom. The van der Waals surface area contributed by atoms with Gasteiger partial charge in [0.1, 0.15) is 0 Å². The van der Waals surface area contributed by atoms with E-state index in [9.17, 15) is 0 Å². The third kappa shape index (κ3) is 3.20. The molecule has 0 aromatic heterocycles. The van der Waals surface area contributed by atoms with Crippen LogP contribution in [0.2, 0.25) is 0 Å². The summed E-state index contributed by atoms with van der Waals surface area (Å²) in [6.07, 6.45) is 9.35. The second-order valence-electron chi connectivity index (χ2n) is 5.51. The van der Waals surface area contributed by atoms with Gasteiger partial charge in [-0.15, -0.1) is 0 Å². The average Bonchev–Trinajstić information content (AvgIpc) is 2.72. The van der Waals surface area contributed by atoms with Crippen LogP contribution < -0.4 is 0 Å². The van der Waals surface area contributed by atoms with E-state index in [1.807, 2.05) is 0 Å². The van der Waals surface area contributed by atoms with Gasteiger partial charge in [-0.2, -0.15) is 5.26 Å². The van der Waals surface area contributed by atoms with Crippen molar-refractivity contribution in [3.63, 3.8) is 0 Å². The monoisotopic (exact) mass is 236 g/mol. The van der Waals surface area contributed by atoms with Gasteiger partial charge in [-0.25, -0.2) is 0 Å².